The molecule has 19 heavy (non-hydrogen) atoms. The van der Waals surface area contributed by atoms with Crippen LogP contribution in [-0.4, -0.2) is 43.2 Å². The van der Waals surface area contributed by atoms with Gasteiger partial charge in [0, 0.05) is 44.0 Å². The van der Waals surface area contributed by atoms with Crippen LogP contribution in [0, 0.1) is 5.82 Å². The molecule has 0 radical (unpaired) electrons. The Morgan fingerprint density at radius 1 is 1.05 bits per heavy atom. The summed E-state index contributed by atoms with van der Waals surface area (Å²) in [6.45, 7) is 5.14. The second-order valence-electron chi connectivity index (χ2n) is 5.96. The summed E-state index contributed by atoms with van der Waals surface area (Å²) in [4.78, 5) is 4.79. The molecular weight excluding hydrogens is 241 g/mol. The zero-order valence-corrected chi connectivity index (χ0v) is 11.3. The van der Waals surface area contributed by atoms with Gasteiger partial charge in [0.1, 0.15) is 5.82 Å². The summed E-state index contributed by atoms with van der Waals surface area (Å²) in [6.07, 6.45) is 3.63. The summed E-state index contributed by atoms with van der Waals surface area (Å²) in [5, 5.41) is 0. The van der Waals surface area contributed by atoms with Crippen LogP contribution < -0.4 is 10.6 Å². The Morgan fingerprint density at radius 2 is 1.68 bits per heavy atom. The smallest absolute Gasteiger partial charge is 0.123 e. The molecular formula is C15H22FN3. The number of benzene rings is 1. The van der Waals surface area contributed by atoms with E-state index in [1.165, 1.54) is 31.4 Å². The Kier molecular flexibility index (Phi) is 3.46. The molecule has 0 atom stereocenters. The van der Waals surface area contributed by atoms with Crippen molar-refractivity contribution >= 4 is 5.69 Å². The summed E-state index contributed by atoms with van der Waals surface area (Å²) < 4.78 is 12.9. The number of nitrogens with zero attached hydrogens (tertiary/aromatic N) is 2. The second kappa shape index (κ2) is 5.10. The van der Waals surface area contributed by atoms with Crippen LogP contribution >= 0.6 is 0 Å². The highest BCUT2D eigenvalue weighted by Gasteiger charge is 2.34. The van der Waals surface area contributed by atoms with E-state index in [0.29, 0.717) is 0 Å². The van der Waals surface area contributed by atoms with E-state index in [1.54, 1.807) is 0 Å². The second-order valence-corrected chi connectivity index (χ2v) is 5.96. The lowest BCUT2D eigenvalue weighted by Gasteiger charge is -2.45. The molecule has 3 rings (SSSR count). The molecule has 0 unspecified atom stereocenters. The molecule has 1 heterocycles. The molecule has 1 saturated heterocycles. The molecule has 1 aliphatic heterocycles. The van der Waals surface area contributed by atoms with Crippen molar-refractivity contribution < 1.29 is 4.39 Å². The molecule has 2 fully saturated rings. The lowest BCUT2D eigenvalue weighted by atomic mass is 9.77. The van der Waals surface area contributed by atoms with Gasteiger partial charge >= 0.3 is 0 Å². The molecule has 1 aliphatic carbocycles. The molecule has 104 valence electrons. The minimum Gasteiger partial charge on any atom is -0.369 e. The number of rotatable bonds is 3. The van der Waals surface area contributed by atoms with Crippen molar-refractivity contribution in [2.75, 3.05) is 37.6 Å². The third-order valence-electron chi connectivity index (χ3n) is 4.45. The summed E-state index contributed by atoms with van der Waals surface area (Å²) in [7, 11) is 0. The Labute approximate surface area is 114 Å². The van der Waals surface area contributed by atoms with E-state index in [4.69, 9.17) is 5.73 Å². The van der Waals surface area contributed by atoms with Crippen LogP contribution in [0.5, 0.6) is 0 Å². The van der Waals surface area contributed by atoms with E-state index in [0.717, 1.165) is 38.4 Å². The summed E-state index contributed by atoms with van der Waals surface area (Å²) in [5.74, 6) is -0.169. The average Bonchev–Trinajstić information content (AvgIpc) is 2.39. The summed E-state index contributed by atoms with van der Waals surface area (Å²) in [5.41, 5.74) is 7.50. The molecule has 0 bridgehead atoms. The van der Waals surface area contributed by atoms with Gasteiger partial charge in [-0.25, -0.2) is 4.39 Å². The van der Waals surface area contributed by atoms with Crippen LogP contribution in [0.4, 0.5) is 10.1 Å². The first-order valence-electron chi connectivity index (χ1n) is 7.16. The fourth-order valence-corrected chi connectivity index (χ4v) is 3.05. The lowest BCUT2D eigenvalue weighted by Crippen LogP contribution is -2.58. The number of hydrogen-bond acceptors (Lipinski definition) is 3. The van der Waals surface area contributed by atoms with E-state index in [2.05, 4.69) is 9.80 Å². The fourth-order valence-electron chi connectivity index (χ4n) is 3.05. The van der Waals surface area contributed by atoms with E-state index in [-0.39, 0.29) is 11.4 Å². The SMILES string of the molecule is NC1(CN2CCN(c3ccc(F)cc3)CC2)CCC1. The number of anilines is 1. The predicted molar refractivity (Wildman–Crippen MR) is 75.8 cm³/mol. The first-order chi connectivity index (χ1) is 9.15. The Hall–Kier alpha value is -1.13. The number of piperazine rings is 1. The van der Waals surface area contributed by atoms with E-state index < -0.39 is 0 Å². The largest absolute Gasteiger partial charge is 0.369 e. The highest BCUT2D eigenvalue weighted by atomic mass is 19.1. The maximum atomic E-state index is 12.9. The monoisotopic (exact) mass is 263 g/mol. The number of nitrogens with two attached hydrogens (primary N) is 1. The third kappa shape index (κ3) is 2.90. The van der Waals surface area contributed by atoms with Crippen molar-refractivity contribution in [1.82, 2.24) is 4.90 Å². The molecule has 1 aromatic rings. The molecule has 0 spiro atoms. The van der Waals surface area contributed by atoms with Crippen molar-refractivity contribution in [1.29, 1.82) is 0 Å². The average molecular weight is 263 g/mol. The molecule has 1 aromatic carbocycles. The first-order valence-corrected chi connectivity index (χ1v) is 7.16. The zero-order valence-electron chi connectivity index (χ0n) is 11.3. The van der Waals surface area contributed by atoms with Crippen LogP contribution in [0.25, 0.3) is 0 Å². The predicted octanol–water partition coefficient (Wildman–Crippen LogP) is 1.83. The number of halogens is 1. The molecule has 4 heteroatoms. The van der Waals surface area contributed by atoms with Crippen molar-refractivity contribution in [3.05, 3.63) is 30.1 Å². The Balaban J connectivity index is 1.53. The van der Waals surface area contributed by atoms with Crippen LogP contribution in [0.2, 0.25) is 0 Å². The van der Waals surface area contributed by atoms with Gasteiger partial charge in [0.05, 0.1) is 0 Å². The minimum atomic E-state index is -0.169. The highest BCUT2D eigenvalue weighted by Crippen LogP contribution is 2.30. The highest BCUT2D eigenvalue weighted by molar-refractivity contribution is 5.46. The van der Waals surface area contributed by atoms with Gasteiger partial charge in [-0.05, 0) is 43.5 Å². The van der Waals surface area contributed by atoms with Gasteiger partial charge in [-0.2, -0.15) is 0 Å². The zero-order chi connectivity index (χ0) is 13.3. The van der Waals surface area contributed by atoms with Gasteiger partial charge in [-0.3, -0.25) is 4.90 Å². The molecule has 3 nitrogen and oxygen atoms in total. The topological polar surface area (TPSA) is 32.5 Å². The van der Waals surface area contributed by atoms with Gasteiger partial charge in [0.15, 0.2) is 0 Å². The van der Waals surface area contributed by atoms with E-state index in [1.807, 2.05) is 12.1 Å². The molecule has 2 N–H and O–H groups in total. The maximum absolute atomic E-state index is 12.9. The van der Waals surface area contributed by atoms with Crippen molar-refractivity contribution in [3.63, 3.8) is 0 Å². The molecule has 0 aromatic heterocycles. The van der Waals surface area contributed by atoms with Gasteiger partial charge in [-0.1, -0.05) is 0 Å². The van der Waals surface area contributed by atoms with Gasteiger partial charge in [0.25, 0.3) is 0 Å². The Bertz CT molecular complexity index is 420. The van der Waals surface area contributed by atoms with Crippen molar-refractivity contribution in [2.24, 2.45) is 5.73 Å². The maximum Gasteiger partial charge on any atom is 0.123 e. The van der Waals surface area contributed by atoms with Crippen LogP contribution in [0.15, 0.2) is 24.3 Å². The third-order valence-corrected chi connectivity index (χ3v) is 4.45. The lowest BCUT2D eigenvalue weighted by molar-refractivity contribution is 0.139. The fraction of sp³-hybridized carbons (Fsp3) is 0.600. The molecule has 1 saturated carbocycles. The normalized spacial score (nSPS) is 23.2. The summed E-state index contributed by atoms with van der Waals surface area (Å²) in [6, 6.07) is 6.79. The van der Waals surface area contributed by atoms with E-state index in [9.17, 15) is 4.39 Å². The molecule has 0 amide bonds. The molecule has 2 aliphatic rings. The van der Waals surface area contributed by atoms with Crippen molar-refractivity contribution in [2.45, 2.75) is 24.8 Å². The number of hydrogen-bond donors (Lipinski definition) is 1. The van der Waals surface area contributed by atoms with Crippen LogP contribution in [0.1, 0.15) is 19.3 Å². The first kappa shape index (κ1) is 12.9. The van der Waals surface area contributed by atoms with E-state index >= 15 is 0 Å². The minimum absolute atomic E-state index is 0.0814. The van der Waals surface area contributed by atoms with Crippen molar-refractivity contribution in [3.8, 4) is 0 Å². The standard InChI is InChI=1S/C15H22FN3/c16-13-2-4-14(5-3-13)19-10-8-18(9-11-19)12-15(17)6-1-7-15/h2-5H,1,6-12,17H2. The van der Waals surface area contributed by atoms with Gasteiger partial charge < -0.3 is 10.6 Å². The quantitative estimate of drug-likeness (QED) is 0.903. The Morgan fingerprint density at radius 3 is 2.21 bits per heavy atom. The van der Waals surface area contributed by atoms with Crippen LogP contribution in [0.3, 0.4) is 0 Å². The van der Waals surface area contributed by atoms with Crippen LogP contribution in [-0.2, 0) is 0 Å². The van der Waals surface area contributed by atoms with Gasteiger partial charge in [0.2, 0.25) is 0 Å². The summed E-state index contributed by atoms with van der Waals surface area (Å²) >= 11 is 0. The van der Waals surface area contributed by atoms with Gasteiger partial charge in [-0.15, -0.1) is 0 Å².